The maximum Gasteiger partial charge on any atom is 0.264 e. The molecule has 0 bridgehead atoms. The van der Waals surface area contributed by atoms with Crippen molar-refractivity contribution in [3.8, 4) is 0 Å². The van der Waals surface area contributed by atoms with Gasteiger partial charge in [0.2, 0.25) is 0 Å². The number of ketones is 1. The van der Waals surface area contributed by atoms with E-state index in [0.717, 1.165) is 11.1 Å². The molecule has 1 aliphatic rings. The Hall–Kier alpha value is -3.31. The molecule has 0 fully saturated rings. The van der Waals surface area contributed by atoms with Gasteiger partial charge in [0, 0.05) is 11.1 Å². The van der Waals surface area contributed by atoms with E-state index in [4.69, 9.17) is 0 Å². The first-order valence-corrected chi connectivity index (χ1v) is 9.37. The molecule has 1 N–H and O–H groups in total. The predicted molar refractivity (Wildman–Crippen MR) is 108 cm³/mol. The fraction of sp³-hybridized carbons (Fsp3) is 0.167. The minimum absolute atomic E-state index is 0.178. The van der Waals surface area contributed by atoms with Gasteiger partial charge >= 0.3 is 0 Å². The van der Waals surface area contributed by atoms with E-state index in [1.165, 1.54) is 17.0 Å². The number of Topliss-reactive ketones (excluding diaryl/α,β-unsaturated/α-hetero) is 1. The quantitative estimate of drug-likeness (QED) is 0.667. The third kappa shape index (κ3) is 3.45. The van der Waals surface area contributed by atoms with Gasteiger partial charge in [0.05, 0.1) is 18.7 Å². The van der Waals surface area contributed by atoms with Gasteiger partial charge < -0.3 is 10.0 Å². The van der Waals surface area contributed by atoms with Gasteiger partial charge in [0.1, 0.15) is 5.82 Å². The number of hydrogen-bond donors (Lipinski definition) is 1. The number of hydrogen-bond acceptors (Lipinski definition) is 3. The summed E-state index contributed by atoms with van der Waals surface area (Å²) in [6.45, 7) is 2.10. The molecule has 0 aliphatic carbocycles. The molecule has 3 aromatic carbocycles. The molecule has 1 heterocycles. The lowest BCUT2D eigenvalue weighted by Crippen LogP contribution is -2.41. The summed E-state index contributed by atoms with van der Waals surface area (Å²) >= 11 is 0. The van der Waals surface area contributed by atoms with Crippen LogP contribution < -0.4 is 4.90 Å². The van der Waals surface area contributed by atoms with E-state index in [0.29, 0.717) is 16.8 Å². The third-order valence-corrected chi connectivity index (χ3v) is 5.28. The number of carbonyl (C=O) groups excluding carboxylic acids is 2. The van der Waals surface area contributed by atoms with Crippen molar-refractivity contribution >= 4 is 17.4 Å². The van der Waals surface area contributed by atoms with Gasteiger partial charge in [0.15, 0.2) is 11.4 Å². The Bertz CT molecular complexity index is 1080. The number of anilines is 1. The standard InChI is InChI=1S/C24H20FNO3/c1-16-6-10-18(11-7-16)22(27)14-24(29)20-4-2-3-5-21(20)26(23(24)28)15-17-8-12-19(25)13-9-17/h2-13,29H,14-15H2,1H3/t24-/m1/s1. The van der Waals surface area contributed by atoms with E-state index in [1.807, 2.05) is 19.1 Å². The predicted octanol–water partition coefficient (Wildman–Crippen LogP) is 4.14. The highest BCUT2D eigenvalue weighted by Gasteiger charge is 2.50. The second-order valence-electron chi connectivity index (χ2n) is 7.36. The smallest absolute Gasteiger partial charge is 0.264 e. The molecule has 0 radical (unpaired) electrons. The molecular formula is C24H20FNO3. The molecule has 3 aromatic rings. The van der Waals surface area contributed by atoms with E-state index in [1.54, 1.807) is 48.5 Å². The maximum atomic E-state index is 13.2. The number of para-hydroxylation sites is 1. The summed E-state index contributed by atoms with van der Waals surface area (Å²) in [5, 5.41) is 11.3. The first-order valence-electron chi connectivity index (χ1n) is 9.37. The van der Waals surface area contributed by atoms with Gasteiger partial charge in [-0.2, -0.15) is 0 Å². The van der Waals surface area contributed by atoms with Crippen LogP contribution in [0, 0.1) is 12.7 Å². The number of nitrogens with zero attached hydrogens (tertiary/aromatic N) is 1. The average molecular weight is 389 g/mol. The second-order valence-corrected chi connectivity index (χ2v) is 7.36. The minimum atomic E-state index is -1.93. The highest BCUT2D eigenvalue weighted by molar-refractivity contribution is 6.10. The highest BCUT2D eigenvalue weighted by atomic mass is 19.1. The van der Waals surface area contributed by atoms with Crippen LogP contribution in [0.15, 0.2) is 72.8 Å². The summed E-state index contributed by atoms with van der Waals surface area (Å²) in [5.74, 6) is -1.22. The van der Waals surface area contributed by atoms with Crippen LogP contribution in [0.1, 0.15) is 33.5 Å². The first-order chi connectivity index (χ1) is 13.9. The molecule has 0 saturated heterocycles. The van der Waals surface area contributed by atoms with Crippen LogP contribution in [0.5, 0.6) is 0 Å². The van der Waals surface area contributed by atoms with Crippen molar-refractivity contribution in [1.29, 1.82) is 0 Å². The number of benzene rings is 3. The van der Waals surface area contributed by atoms with Crippen molar-refractivity contribution in [3.05, 3.63) is 101 Å². The molecule has 1 amide bonds. The summed E-state index contributed by atoms with van der Waals surface area (Å²) in [6, 6.07) is 19.8. The normalized spacial score (nSPS) is 18.0. The number of fused-ring (bicyclic) bond motifs is 1. The van der Waals surface area contributed by atoms with Gasteiger partial charge in [-0.1, -0.05) is 60.2 Å². The summed E-state index contributed by atoms with van der Waals surface area (Å²) < 4.78 is 13.2. The largest absolute Gasteiger partial charge is 0.375 e. The Morgan fingerprint density at radius 3 is 2.34 bits per heavy atom. The van der Waals surface area contributed by atoms with Crippen LogP contribution in [0.3, 0.4) is 0 Å². The topological polar surface area (TPSA) is 57.6 Å². The van der Waals surface area contributed by atoms with Crippen molar-refractivity contribution in [2.75, 3.05) is 4.90 Å². The molecule has 0 spiro atoms. The van der Waals surface area contributed by atoms with Crippen LogP contribution in [-0.2, 0) is 16.9 Å². The first kappa shape index (κ1) is 19.0. The highest BCUT2D eigenvalue weighted by Crippen LogP contribution is 2.43. The molecule has 1 aliphatic heterocycles. The fourth-order valence-corrected chi connectivity index (χ4v) is 3.68. The Kier molecular flexibility index (Phi) is 4.76. The van der Waals surface area contributed by atoms with Crippen molar-refractivity contribution in [2.24, 2.45) is 0 Å². The average Bonchev–Trinajstić information content (AvgIpc) is 2.92. The van der Waals surface area contributed by atoms with Gasteiger partial charge in [0.25, 0.3) is 5.91 Å². The van der Waals surface area contributed by atoms with Gasteiger partial charge in [-0.15, -0.1) is 0 Å². The third-order valence-electron chi connectivity index (χ3n) is 5.28. The number of aryl methyl sites for hydroxylation is 1. The Morgan fingerprint density at radius 2 is 1.66 bits per heavy atom. The Labute approximate surface area is 168 Å². The summed E-state index contributed by atoms with van der Waals surface area (Å²) in [7, 11) is 0. The van der Waals surface area contributed by atoms with E-state index in [2.05, 4.69) is 0 Å². The lowest BCUT2D eigenvalue weighted by molar-refractivity contribution is -0.136. The maximum absolute atomic E-state index is 13.2. The monoisotopic (exact) mass is 389 g/mol. The minimum Gasteiger partial charge on any atom is -0.375 e. The molecule has 0 saturated carbocycles. The van der Waals surface area contributed by atoms with Crippen LogP contribution in [0.2, 0.25) is 0 Å². The molecule has 0 aromatic heterocycles. The Morgan fingerprint density at radius 1 is 1.00 bits per heavy atom. The van der Waals surface area contributed by atoms with E-state index < -0.39 is 11.5 Å². The molecule has 1 atom stereocenters. The van der Waals surface area contributed by atoms with Crippen LogP contribution in [-0.4, -0.2) is 16.8 Å². The van der Waals surface area contributed by atoms with Gasteiger partial charge in [-0.3, -0.25) is 9.59 Å². The zero-order chi connectivity index (χ0) is 20.6. The summed E-state index contributed by atoms with van der Waals surface area (Å²) in [4.78, 5) is 27.5. The van der Waals surface area contributed by atoms with Crippen LogP contribution in [0.25, 0.3) is 0 Å². The van der Waals surface area contributed by atoms with Crippen LogP contribution >= 0.6 is 0 Å². The van der Waals surface area contributed by atoms with Crippen molar-refractivity contribution in [3.63, 3.8) is 0 Å². The molecule has 0 unspecified atom stereocenters. The molecule has 29 heavy (non-hydrogen) atoms. The molecule has 146 valence electrons. The van der Waals surface area contributed by atoms with Crippen molar-refractivity contribution in [2.45, 2.75) is 25.5 Å². The molecule has 4 nitrogen and oxygen atoms in total. The van der Waals surface area contributed by atoms with E-state index in [9.17, 15) is 19.1 Å². The zero-order valence-electron chi connectivity index (χ0n) is 15.9. The lowest BCUT2D eigenvalue weighted by atomic mass is 9.88. The molecule has 5 heteroatoms. The zero-order valence-corrected chi connectivity index (χ0v) is 15.9. The molecular weight excluding hydrogens is 369 g/mol. The lowest BCUT2D eigenvalue weighted by Gasteiger charge is -2.23. The fourth-order valence-electron chi connectivity index (χ4n) is 3.68. The Balaban J connectivity index is 1.66. The number of halogens is 1. The SMILES string of the molecule is Cc1ccc(C(=O)C[C@]2(O)C(=O)N(Cc3ccc(F)cc3)c3ccccc32)cc1. The van der Waals surface area contributed by atoms with Crippen LogP contribution in [0.4, 0.5) is 10.1 Å². The second kappa shape index (κ2) is 7.26. The van der Waals surface area contributed by atoms with Crippen molar-refractivity contribution in [1.82, 2.24) is 0 Å². The van der Waals surface area contributed by atoms with Gasteiger partial charge in [-0.25, -0.2) is 4.39 Å². The summed E-state index contributed by atoms with van der Waals surface area (Å²) in [6.07, 6.45) is -0.341. The number of rotatable bonds is 5. The number of carbonyl (C=O) groups is 2. The summed E-state index contributed by atoms with van der Waals surface area (Å²) in [5.41, 5.74) is 1.23. The van der Waals surface area contributed by atoms with E-state index >= 15 is 0 Å². The number of amides is 1. The number of aliphatic hydroxyl groups is 1. The molecule has 4 rings (SSSR count). The van der Waals surface area contributed by atoms with Gasteiger partial charge in [-0.05, 0) is 30.7 Å². The van der Waals surface area contributed by atoms with Crippen molar-refractivity contribution < 1.29 is 19.1 Å². The van der Waals surface area contributed by atoms with E-state index in [-0.39, 0.29) is 24.6 Å².